The number of piperazine rings is 2. The molecule has 0 amide bonds. The molecule has 0 aromatic rings. The highest BCUT2D eigenvalue weighted by atomic mass is 15.4. The zero-order chi connectivity index (χ0) is 16.4. The Balaban J connectivity index is 1.41. The second kappa shape index (κ2) is 5.42. The van der Waals surface area contributed by atoms with Gasteiger partial charge in [-0.15, -0.1) is 0 Å². The van der Waals surface area contributed by atoms with E-state index in [-0.39, 0.29) is 0 Å². The minimum atomic E-state index is 0.310. The van der Waals surface area contributed by atoms with Crippen LogP contribution in [0, 0.1) is 0 Å². The van der Waals surface area contributed by atoms with E-state index in [0.717, 1.165) is 24.2 Å². The molecule has 0 aliphatic carbocycles. The molecule has 4 bridgehead atoms. The van der Waals surface area contributed by atoms with Gasteiger partial charge in [0.25, 0.3) is 0 Å². The van der Waals surface area contributed by atoms with Crippen LogP contribution in [0.15, 0.2) is 0 Å². The standard InChI is InChI=1S/C19H36N4/c1-18(2,3)23-15-6-7-16(23)12-21(11-15)13-19(4,5)22-10-14-8-17(22)9-20-14/h14-17,20H,6-13H2,1-5H3/t14-,15?,16?,17-/m1/s1. The van der Waals surface area contributed by atoms with Crippen molar-refractivity contribution in [2.75, 3.05) is 32.7 Å². The summed E-state index contributed by atoms with van der Waals surface area (Å²) in [6.07, 6.45) is 4.17. The van der Waals surface area contributed by atoms with Crippen LogP contribution in [0.25, 0.3) is 0 Å². The van der Waals surface area contributed by atoms with Crippen LogP contribution in [-0.2, 0) is 0 Å². The molecule has 1 N–H and O–H groups in total. The molecule has 4 rings (SSSR count). The van der Waals surface area contributed by atoms with Gasteiger partial charge in [0.05, 0.1) is 0 Å². The second-order valence-corrected chi connectivity index (χ2v) is 10.1. The minimum Gasteiger partial charge on any atom is -0.311 e. The van der Waals surface area contributed by atoms with E-state index < -0.39 is 0 Å². The van der Waals surface area contributed by atoms with E-state index in [1.165, 1.54) is 52.0 Å². The third-order valence-electron chi connectivity index (χ3n) is 6.78. The summed E-state index contributed by atoms with van der Waals surface area (Å²) in [5.41, 5.74) is 0.637. The normalized spacial score (nSPS) is 39.5. The van der Waals surface area contributed by atoms with Gasteiger partial charge >= 0.3 is 0 Å². The zero-order valence-corrected chi connectivity index (χ0v) is 15.8. The molecule has 4 aliphatic rings. The van der Waals surface area contributed by atoms with Crippen molar-refractivity contribution in [3.05, 3.63) is 0 Å². The van der Waals surface area contributed by atoms with E-state index in [2.05, 4.69) is 54.6 Å². The van der Waals surface area contributed by atoms with Crippen LogP contribution in [0.3, 0.4) is 0 Å². The molecule has 2 unspecified atom stereocenters. The molecule has 23 heavy (non-hydrogen) atoms. The first-order valence-corrected chi connectivity index (χ1v) is 9.75. The number of likely N-dealkylation sites (tertiary alicyclic amines) is 2. The first-order valence-electron chi connectivity index (χ1n) is 9.75. The molecule has 4 nitrogen and oxygen atoms in total. The van der Waals surface area contributed by atoms with Crippen molar-refractivity contribution in [3.63, 3.8) is 0 Å². The molecule has 4 fully saturated rings. The number of nitrogens with one attached hydrogen (secondary N) is 1. The molecule has 0 spiro atoms. The highest BCUT2D eigenvalue weighted by molar-refractivity contribution is 5.06. The lowest BCUT2D eigenvalue weighted by Crippen LogP contribution is -2.64. The largest absolute Gasteiger partial charge is 0.311 e. The number of hydrogen-bond donors (Lipinski definition) is 1. The molecule has 0 aromatic heterocycles. The van der Waals surface area contributed by atoms with Crippen molar-refractivity contribution in [1.82, 2.24) is 20.0 Å². The molecule has 4 atom stereocenters. The van der Waals surface area contributed by atoms with E-state index in [0.29, 0.717) is 11.1 Å². The Kier molecular flexibility index (Phi) is 3.84. The fourth-order valence-electron chi connectivity index (χ4n) is 6.15. The fraction of sp³-hybridized carbons (Fsp3) is 1.00. The maximum Gasteiger partial charge on any atom is 0.0284 e. The monoisotopic (exact) mass is 320 g/mol. The number of nitrogens with zero attached hydrogens (tertiary/aromatic N) is 3. The Morgan fingerprint density at radius 2 is 1.57 bits per heavy atom. The van der Waals surface area contributed by atoms with Gasteiger partial charge in [0.1, 0.15) is 0 Å². The minimum absolute atomic E-state index is 0.310. The van der Waals surface area contributed by atoms with E-state index in [1.54, 1.807) is 0 Å². The van der Waals surface area contributed by atoms with Crippen LogP contribution < -0.4 is 5.32 Å². The van der Waals surface area contributed by atoms with Gasteiger partial charge in [-0.3, -0.25) is 14.7 Å². The van der Waals surface area contributed by atoms with Crippen LogP contribution >= 0.6 is 0 Å². The lowest BCUT2D eigenvalue weighted by molar-refractivity contribution is -0.0224. The van der Waals surface area contributed by atoms with Gasteiger partial charge in [0, 0.05) is 68.0 Å². The fourth-order valence-corrected chi connectivity index (χ4v) is 6.15. The molecule has 0 aromatic carbocycles. The maximum atomic E-state index is 3.65. The lowest BCUT2D eigenvalue weighted by atomic mass is 9.97. The summed E-state index contributed by atoms with van der Waals surface area (Å²) in [4.78, 5) is 8.40. The Labute approximate surface area is 142 Å². The molecule has 4 saturated heterocycles. The van der Waals surface area contributed by atoms with Crippen molar-refractivity contribution in [2.24, 2.45) is 0 Å². The van der Waals surface area contributed by atoms with Gasteiger partial charge < -0.3 is 5.32 Å². The summed E-state index contributed by atoms with van der Waals surface area (Å²) >= 11 is 0. The molecule has 4 heterocycles. The lowest BCUT2D eigenvalue weighted by Gasteiger charge is -2.51. The molecule has 0 saturated carbocycles. The highest BCUT2D eigenvalue weighted by Crippen LogP contribution is 2.37. The van der Waals surface area contributed by atoms with Crippen molar-refractivity contribution in [2.45, 2.75) is 89.1 Å². The van der Waals surface area contributed by atoms with Crippen molar-refractivity contribution in [3.8, 4) is 0 Å². The van der Waals surface area contributed by atoms with Gasteiger partial charge in [-0.1, -0.05) is 0 Å². The smallest absolute Gasteiger partial charge is 0.0284 e. The van der Waals surface area contributed by atoms with Crippen molar-refractivity contribution in [1.29, 1.82) is 0 Å². The summed E-state index contributed by atoms with van der Waals surface area (Å²) in [7, 11) is 0. The predicted molar refractivity (Wildman–Crippen MR) is 95.8 cm³/mol. The Morgan fingerprint density at radius 1 is 0.913 bits per heavy atom. The SMILES string of the molecule is CC(C)(C)N1C2CCC1CN(CC(C)(C)N1C[C@H]3C[C@@H]1CN3)C2. The predicted octanol–water partition coefficient (Wildman–Crippen LogP) is 1.76. The molecule has 132 valence electrons. The number of fused-ring (bicyclic) bond motifs is 4. The summed E-state index contributed by atoms with van der Waals surface area (Å²) in [6.45, 7) is 18.4. The van der Waals surface area contributed by atoms with Gasteiger partial charge in [-0.05, 0) is 53.9 Å². The maximum absolute atomic E-state index is 3.65. The molecule has 0 radical (unpaired) electrons. The van der Waals surface area contributed by atoms with Crippen molar-refractivity contribution >= 4 is 0 Å². The Hall–Kier alpha value is -0.160. The summed E-state index contributed by atoms with van der Waals surface area (Å²) < 4.78 is 0. The average molecular weight is 321 g/mol. The van der Waals surface area contributed by atoms with Crippen LogP contribution in [-0.4, -0.2) is 82.7 Å². The van der Waals surface area contributed by atoms with E-state index in [1.807, 2.05) is 0 Å². The summed E-state index contributed by atoms with van der Waals surface area (Å²) in [5.74, 6) is 0. The number of rotatable bonds is 3. The average Bonchev–Trinajstić information content (AvgIpc) is 3.11. The highest BCUT2D eigenvalue weighted by Gasteiger charge is 2.48. The summed E-state index contributed by atoms with van der Waals surface area (Å²) in [6, 6.07) is 3.10. The van der Waals surface area contributed by atoms with Crippen LogP contribution in [0.5, 0.6) is 0 Å². The van der Waals surface area contributed by atoms with Gasteiger partial charge in [0.2, 0.25) is 0 Å². The molecular formula is C19H36N4. The molecular weight excluding hydrogens is 284 g/mol. The van der Waals surface area contributed by atoms with Gasteiger partial charge in [-0.25, -0.2) is 0 Å². The van der Waals surface area contributed by atoms with E-state index in [9.17, 15) is 0 Å². The Morgan fingerprint density at radius 3 is 2.04 bits per heavy atom. The van der Waals surface area contributed by atoms with E-state index >= 15 is 0 Å². The first kappa shape index (κ1) is 16.3. The topological polar surface area (TPSA) is 21.8 Å². The third kappa shape index (κ3) is 2.86. The van der Waals surface area contributed by atoms with Crippen molar-refractivity contribution < 1.29 is 0 Å². The summed E-state index contributed by atoms with van der Waals surface area (Å²) in [5, 5.41) is 3.65. The third-order valence-corrected chi connectivity index (χ3v) is 6.78. The Bertz CT molecular complexity index is 441. The van der Waals surface area contributed by atoms with Gasteiger partial charge in [-0.2, -0.15) is 0 Å². The van der Waals surface area contributed by atoms with E-state index in [4.69, 9.17) is 0 Å². The number of hydrogen-bond acceptors (Lipinski definition) is 4. The quantitative estimate of drug-likeness (QED) is 0.855. The van der Waals surface area contributed by atoms with Gasteiger partial charge in [0.15, 0.2) is 0 Å². The molecule has 4 aliphatic heterocycles. The molecule has 4 heteroatoms. The van der Waals surface area contributed by atoms with Crippen LogP contribution in [0.2, 0.25) is 0 Å². The van der Waals surface area contributed by atoms with Crippen LogP contribution in [0.4, 0.5) is 0 Å². The first-order chi connectivity index (χ1) is 10.7. The van der Waals surface area contributed by atoms with Crippen LogP contribution in [0.1, 0.15) is 53.9 Å². The zero-order valence-electron chi connectivity index (χ0n) is 15.8. The second-order valence-electron chi connectivity index (χ2n) is 10.1.